The molecule has 0 aromatic rings. The molecule has 0 radical (unpaired) electrons. The highest BCUT2D eigenvalue weighted by molar-refractivity contribution is 5.88. The topological polar surface area (TPSA) is 44.4 Å². The Hall–Kier alpha value is -0.610. The number of piperidine rings is 1. The number of hydrogen-bond donors (Lipinski definition) is 2. The molecule has 1 spiro atoms. The Morgan fingerprint density at radius 2 is 2.08 bits per heavy atom. The monoisotopic (exact) mass is 183 g/mol. The van der Waals surface area contributed by atoms with Gasteiger partial charge in [0, 0.05) is 0 Å². The second-order valence-corrected chi connectivity index (χ2v) is 4.04. The van der Waals surface area contributed by atoms with Crippen molar-refractivity contribution in [3.63, 3.8) is 0 Å². The average Bonchev–Trinajstić information content (AvgIpc) is 2.34. The van der Waals surface area contributed by atoms with Crippen LogP contribution in [0.25, 0.3) is 0 Å². The van der Waals surface area contributed by atoms with Crippen molar-refractivity contribution >= 4 is 5.91 Å². The summed E-state index contributed by atoms with van der Waals surface area (Å²) in [7, 11) is 2.04. The Kier molecular flexibility index (Phi) is 2.04. The minimum atomic E-state index is -0.218. The smallest absolute Gasteiger partial charge is 0.241 e. The summed E-state index contributed by atoms with van der Waals surface area (Å²) in [5.74, 6) is 0.212. The highest BCUT2D eigenvalue weighted by atomic mass is 16.2. The van der Waals surface area contributed by atoms with Crippen molar-refractivity contribution in [2.45, 2.75) is 31.5 Å². The van der Waals surface area contributed by atoms with E-state index in [4.69, 9.17) is 0 Å². The molecule has 2 rings (SSSR count). The highest BCUT2D eigenvalue weighted by Gasteiger charge is 2.49. The highest BCUT2D eigenvalue weighted by Crippen LogP contribution is 2.30. The molecule has 0 aromatic carbocycles. The SMILES string of the molecule is CC1NC(=O)C2(CCNCC2)N1C. The van der Waals surface area contributed by atoms with Crippen LogP contribution in [0.4, 0.5) is 0 Å². The maximum absolute atomic E-state index is 11.8. The summed E-state index contributed by atoms with van der Waals surface area (Å²) >= 11 is 0. The van der Waals surface area contributed by atoms with Gasteiger partial charge in [0.05, 0.1) is 6.17 Å². The normalized spacial score (nSPS) is 33.7. The molecule has 13 heavy (non-hydrogen) atoms. The average molecular weight is 183 g/mol. The van der Waals surface area contributed by atoms with Crippen molar-refractivity contribution in [2.75, 3.05) is 20.1 Å². The van der Waals surface area contributed by atoms with Crippen LogP contribution in [0.1, 0.15) is 19.8 Å². The molecule has 4 nitrogen and oxygen atoms in total. The third-order valence-corrected chi connectivity index (χ3v) is 3.45. The van der Waals surface area contributed by atoms with Crippen molar-refractivity contribution in [3.05, 3.63) is 0 Å². The fraction of sp³-hybridized carbons (Fsp3) is 0.889. The van der Waals surface area contributed by atoms with Crippen LogP contribution in [0, 0.1) is 0 Å². The zero-order valence-electron chi connectivity index (χ0n) is 8.26. The molecule has 0 aromatic heterocycles. The van der Waals surface area contributed by atoms with E-state index in [1.807, 2.05) is 14.0 Å². The van der Waals surface area contributed by atoms with Gasteiger partial charge in [0.1, 0.15) is 5.54 Å². The minimum absolute atomic E-state index is 0.186. The molecule has 2 N–H and O–H groups in total. The Balaban J connectivity index is 2.23. The summed E-state index contributed by atoms with van der Waals surface area (Å²) in [5, 5.41) is 6.27. The van der Waals surface area contributed by atoms with E-state index in [2.05, 4.69) is 15.5 Å². The lowest BCUT2D eigenvalue weighted by Gasteiger charge is -2.37. The second kappa shape index (κ2) is 2.96. The van der Waals surface area contributed by atoms with Gasteiger partial charge in [0.15, 0.2) is 0 Å². The molecule has 1 amide bonds. The number of carbonyl (C=O) groups is 1. The fourth-order valence-electron chi connectivity index (χ4n) is 2.37. The largest absolute Gasteiger partial charge is 0.339 e. The fourth-order valence-corrected chi connectivity index (χ4v) is 2.37. The first-order valence-electron chi connectivity index (χ1n) is 4.91. The van der Waals surface area contributed by atoms with E-state index in [-0.39, 0.29) is 17.6 Å². The van der Waals surface area contributed by atoms with Crippen LogP contribution in [0.3, 0.4) is 0 Å². The van der Waals surface area contributed by atoms with E-state index in [0.717, 1.165) is 25.9 Å². The van der Waals surface area contributed by atoms with E-state index in [1.165, 1.54) is 0 Å². The number of hydrogen-bond acceptors (Lipinski definition) is 3. The van der Waals surface area contributed by atoms with Gasteiger partial charge in [0.2, 0.25) is 5.91 Å². The summed E-state index contributed by atoms with van der Waals surface area (Å²) in [4.78, 5) is 14.0. The molecule has 4 heteroatoms. The number of amides is 1. The van der Waals surface area contributed by atoms with Crippen LogP contribution in [0.2, 0.25) is 0 Å². The molecular weight excluding hydrogens is 166 g/mol. The van der Waals surface area contributed by atoms with Gasteiger partial charge in [0.25, 0.3) is 0 Å². The van der Waals surface area contributed by atoms with Crippen LogP contribution in [0.15, 0.2) is 0 Å². The summed E-state index contributed by atoms with van der Waals surface area (Å²) in [6.45, 7) is 3.93. The molecule has 0 bridgehead atoms. The maximum atomic E-state index is 11.8. The third kappa shape index (κ3) is 1.16. The quantitative estimate of drug-likeness (QED) is 0.533. The van der Waals surface area contributed by atoms with Crippen LogP contribution >= 0.6 is 0 Å². The van der Waals surface area contributed by atoms with Crippen LogP contribution in [0.5, 0.6) is 0 Å². The van der Waals surface area contributed by atoms with Gasteiger partial charge in [-0.2, -0.15) is 0 Å². The summed E-state index contributed by atoms with van der Waals surface area (Å²) in [5.41, 5.74) is -0.218. The molecule has 1 unspecified atom stereocenters. The van der Waals surface area contributed by atoms with E-state index in [0.29, 0.717) is 0 Å². The zero-order valence-corrected chi connectivity index (χ0v) is 8.26. The first-order valence-corrected chi connectivity index (χ1v) is 4.91. The van der Waals surface area contributed by atoms with Gasteiger partial charge >= 0.3 is 0 Å². The molecule has 2 saturated heterocycles. The van der Waals surface area contributed by atoms with E-state index in [9.17, 15) is 4.79 Å². The van der Waals surface area contributed by atoms with Gasteiger partial charge in [-0.15, -0.1) is 0 Å². The number of nitrogens with zero attached hydrogens (tertiary/aromatic N) is 1. The standard InChI is InChI=1S/C9H17N3O/c1-7-11-8(13)9(12(7)2)3-5-10-6-4-9/h7,10H,3-6H2,1-2H3,(H,11,13). The number of likely N-dealkylation sites (N-methyl/N-ethyl adjacent to an activating group) is 1. The van der Waals surface area contributed by atoms with Crippen molar-refractivity contribution in [1.29, 1.82) is 0 Å². The predicted octanol–water partition coefficient (Wildman–Crippen LogP) is -0.484. The van der Waals surface area contributed by atoms with Crippen LogP contribution in [-0.4, -0.2) is 42.6 Å². The summed E-state index contributed by atoms with van der Waals surface area (Å²) in [6, 6.07) is 0. The molecule has 2 heterocycles. The molecular formula is C9H17N3O. The Morgan fingerprint density at radius 1 is 1.46 bits per heavy atom. The number of carbonyl (C=O) groups excluding carboxylic acids is 1. The van der Waals surface area contributed by atoms with Gasteiger partial charge in [-0.05, 0) is 39.9 Å². The third-order valence-electron chi connectivity index (χ3n) is 3.45. The molecule has 0 aliphatic carbocycles. The summed E-state index contributed by atoms with van der Waals surface area (Å²) in [6.07, 6.45) is 2.05. The first kappa shape index (κ1) is 8.97. The predicted molar refractivity (Wildman–Crippen MR) is 50.2 cm³/mol. The van der Waals surface area contributed by atoms with Crippen molar-refractivity contribution in [3.8, 4) is 0 Å². The van der Waals surface area contributed by atoms with Crippen molar-refractivity contribution < 1.29 is 4.79 Å². The van der Waals surface area contributed by atoms with Crippen molar-refractivity contribution in [1.82, 2.24) is 15.5 Å². The Bertz CT molecular complexity index is 223. The van der Waals surface area contributed by atoms with E-state index < -0.39 is 0 Å². The zero-order chi connectivity index (χ0) is 9.47. The van der Waals surface area contributed by atoms with Crippen LogP contribution < -0.4 is 10.6 Å². The van der Waals surface area contributed by atoms with Gasteiger partial charge in [-0.1, -0.05) is 0 Å². The summed E-state index contributed by atoms with van der Waals surface area (Å²) < 4.78 is 0. The van der Waals surface area contributed by atoms with Crippen molar-refractivity contribution in [2.24, 2.45) is 0 Å². The maximum Gasteiger partial charge on any atom is 0.241 e. The molecule has 2 aliphatic heterocycles. The molecule has 74 valence electrons. The van der Waals surface area contributed by atoms with Gasteiger partial charge in [-0.3, -0.25) is 9.69 Å². The molecule has 2 fully saturated rings. The van der Waals surface area contributed by atoms with Gasteiger partial charge < -0.3 is 10.6 Å². The molecule has 2 aliphatic rings. The lowest BCUT2D eigenvalue weighted by Crippen LogP contribution is -2.54. The number of nitrogens with one attached hydrogen (secondary N) is 2. The number of rotatable bonds is 0. The van der Waals surface area contributed by atoms with Crippen LogP contribution in [-0.2, 0) is 4.79 Å². The lowest BCUT2D eigenvalue weighted by molar-refractivity contribution is -0.127. The lowest BCUT2D eigenvalue weighted by atomic mass is 9.87. The van der Waals surface area contributed by atoms with E-state index in [1.54, 1.807) is 0 Å². The Morgan fingerprint density at radius 3 is 2.54 bits per heavy atom. The molecule has 0 saturated carbocycles. The van der Waals surface area contributed by atoms with E-state index >= 15 is 0 Å². The first-order chi connectivity index (χ1) is 6.17. The Labute approximate surface area is 78.7 Å². The minimum Gasteiger partial charge on any atom is -0.339 e. The molecule has 1 atom stereocenters. The second-order valence-electron chi connectivity index (χ2n) is 4.04. The van der Waals surface area contributed by atoms with Gasteiger partial charge in [-0.25, -0.2) is 0 Å².